The van der Waals surface area contributed by atoms with Crippen molar-refractivity contribution in [3.63, 3.8) is 0 Å². The zero-order valence-corrected chi connectivity index (χ0v) is 11.7. The molecule has 1 atom stereocenters. The molecule has 6 heteroatoms. The van der Waals surface area contributed by atoms with Crippen LogP contribution in [-0.4, -0.2) is 30.3 Å². The van der Waals surface area contributed by atoms with Crippen LogP contribution in [0.15, 0.2) is 22.9 Å². The van der Waals surface area contributed by atoms with E-state index in [1.54, 1.807) is 23.3 Å². The highest BCUT2D eigenvalue weighted by Gasteiger charge is 2.25. The third-order valence-electron chi connectivity index (χ3n) is 2.46. The molecule has 0 radical (unpaired) electrons. The molecule has 2 aromatic heterocycles. The highest BCUT2D eigenvalue weighted by Crippen LogP contribution is 2.17. The standard InChI is InChI=1S/C12H16N4OS/c1-12(2,3)18(17)15-7-10-5-9-6-14-16(4)11(9)8-13-10/h5-8H,1-4H3/b15-7+. The molecule has 0 aliphatic carbocycles. The van der Waals surface area contributed by atoms with Gasteiger partial charge >= 0.3 is 0 Å². The van der Waals surface area contributed by atoms with Crippen molar-refractivity contribution < 1.29 is 4.55 Å². The van der Waals surface area contributed by atoms with E-state index in [2.05, 4.69) is 14.5 Å². The lowest BCUT2D eigenvalue weighted by molar-refractivity contribution is 0.562. The van der Waals surface area contributed by atoms with Gasteiger partial charge in [0.15, 0.2) is 0 Å². The molecule has 5 nitrogen and oxygen atoms in total. The van der Waals surface area contributed by atoms with Crippen molar-refractivity contribution in [3.05, 3.63) is 24.2 Å². The van der Waals surface area contributed by atoms with Crippen LogP contribution in [0.1, 0.15) is 26.5 Å². The summed E-state index contributed by atoms with van der Waals surface area (Å²) in [5.41, 5.74) is 1.65. The van der Waals surface area contributed by atoms with E-state index in [4.69, 9.17) is 0 Å². The van der Waals surface area contributed by atoms with E-state index < -0.39 is 11.4 Å². The van der Waals surface area contributed by atoms with Crippen molar-refractivity contribution in [3.8, 4) is 0 Å². The van der Waals surface area contributed by atoms with Crippen LogP contribution >= 0.6 is 0 Å². The molecule has 0 aromatic carbocycles. The smallest absolute Gasteiger partial charge is 0.144 e. The van der Waals surface area contributed by atoms with E-state index in [1.165, 1.54) is 0 Å². The summed E-state index contributed by atoms with van der Waals surface area (Å²) in [4.78, 5) is 4.25. The zero-order chi connectivity index (χ0) is 13.3. The second-order valence-corrected chi connectivity index (χ2v) is 6.97. The quantitative estimate of drug-likeness (QED) is 0.614. The third-order valence-corrected chi connectivity index (χ3v) is 3.80. The van der Waals surface area contributed by atoms with Gasteiger partial charge < -0.3 is 4.55 Å². The average Bonchev–Trinajstić information content (AvgIpc) is 2.66. The number of aryl methyl sites for hydroxylation is 1. The molecular weight excluding hydrogens is 248 g/mol. The second-order valence-electron chi connectivity index (χ2n) is 5.03. The van der Waals surface area contributed by atoms with Gasteiger partial charge in [-0.05, 0) is 26.8 Å². The molecule has 0 aliphatic rings. The Labute approximate surface area is 109 Å². The molecule has 0 spiro atoms. The number of fused-ring (bicyclic) bond motifs is 1. The van der Waals surface area contributed by atoms with Gasteiger partial charge in [0, 0.05) is 12.4 Å². The van der Waals surface area contributed by atoms with Crippen LogP contribution in [0.2, 0.25) is 0 Å². The minimum absolute atomic E-state index is 0.352. The largest absolute Gasteiger partial charge is 0.591 e. The first-order chi connectivity index (χ1) is 8.38. The molecular formula is C12H16N4OS. The van der Waals surface area contributed by atoms with Crippen LogP contribution in [0.4, 0.5) is 0 Å². The lowest BCUT2D eigenvalue weighted by Crippen LogP contribution is -2.25. The van der Waals surface area contributed by atoms with Gasteiger partial charge in [-0.2, -0.15) is 5.10 Å². The molecule has 0 fully saturated rings. The van der Waals surface area contributed by atoms with Gasteiger partial charge in [0.25, 0.3) is 0 Å². The molecule has 2 heterocycles. The van der Waals surface area contributed by atoms with Gasteiger partial charge in [0.05, 0.1) is 23.6 Å². The van der Waals surface area contributed by atoms with E-state index in [9.17, 15) is 4.55 Å². The fourth-order valence-corrected chi connectivity index (χ4v) is 1.92. The summed E-state index contributed by atoms with van der Waals surface area (Å²) in [6.07, 6.45) is 5.06. The van der Waals surface area contributed by atoms with E-state index >= 15 is 0 Å². The summed E-state index contributed by atoms with van der Waals surface area (Å²) >= 11 is -1.26. The summed E-state index contributed by atoms with van der Waals surface area (Å²) in [7, 11) is 1.87. The van der Waals surface area contributed by atoms with Gasteiger partial charge in [-0.1, -0.05) is 4.40 Å². The summed E-state index contributed by atoms with van der Waals surface area (Å²) in [5.74, 6) is 0. The first-order valence-corrected chi connectivity index (χ1v) is 6.72. The minimum atomic E-state index is -1.26. The van der Waals surface area contributed by atoms with Gasteiger partial charge in [-0.15, -0.1) is 0 Å². The Morgan fingerprint density at radius 3 is 2.78 bits per heavy atom. The second kappa shape index (κ2) is 4.70. The Bertz CT molecular complexity index is 585. The predicted molar refractivity (Wildman–Crippen MR) is 74.0 cm³/mol. The Morgan fingerprint density at radius 1 is 1.39 bits per heavy atom. The van der Waals surface area contributed by atoms with Crippen LogP contribution in [0.25, 0.3) is 10.9 Å². The normalized spacial score (nSPS) is 14.5. The van der Waals surface area contributed by atoms with E-state index in [1.807, 2.05) is 33.9 Å². The van der Waals surface area contributed by atoms with Crippen molar-refractivity contribution in [1.29, 1.82) is 0 Å². The highest BCUT2D eigenvalue weighted by atomic mass is 32.2. The predicted octanol–water partition coefficient (Wildman–Crippen LogP) is 1.85. The Kier molecular flexibility index (Phi) is 3.41. The third kappa shape index (κ3) is 2.70. The Balaban J connectivity index is 2.25. The minimum Gasteiger partial charge on any atom is -0.591 e. The molecule has 2 aromatic rings. The van der Waals surface area contributed by atoms with Crippen LogP contribution in [0.3, 0.4) is 0 Å². The van der Waals surface area contributed by atoms with Gasteiger partial charge in [-0.25, -0.2) is 0 Å². The monoisotopic (exact) mass is 264 g/mol. The molecule has 0 saturated carbocycles. The number of aromatic nitrogens is 3. The summed E-state index contributed by atoms with van der Waals surface area (Å²) in [6, 6.07) is 1.88. The SMILES string of the molecule is Cn1ncc2cc(/C=N/[S+]([O-])C(C)(C)C)ncc21. The maximum atomic E-state index is 11.8. The van der Waals surface area contributed by atoms with Crippen molar-refractivity contribution in [2.24, 2.45) is 11.4 Å². The number of hydrogen-bond acceptors (Lipinski definition) is 4. The van der Waals surface area contributed by atoms with Gasteiger partial charge in [0.2, 0.25) is 0 Å². The van der Waals surface area contributed by atoms with Crippen molar-refractivity contribution >= 4 is 28.5 Å². The Hall–Kier alpha value is -1.40. The van der Waals surface area contributed by atoms with Crippen LogP contribution < -0.4 is 0 Å². The lowest BCUT2D eigenvalue weighted by Gasteiger charge is -2.17. The number of rotatable bonds is 2. The molecule has 0 saturated heterocycles. The number of pyridine rings is 1. The molecule has 96 valence electrons. The van der Waals surface area contributed by atoms with Gasteiger partial charge in [0.1, 0.15) is 22.3 Å². The molecule has 18 heavy (non-hydrogen) atoms. The van der Waals surface area contributed by atoms with Gasteiger partial charge in [-0.3, -0.25) is 9.67 Å². The highest BCUT2D eigenvalue weighted by molar-refractivity contribution is 7.91. The van der Waals surface area contributed by atoms with Crippen molar-refractivity contribution in [2.45, 2.75) is 25.5 Å². The zero-order valence-electron chi connectivity index (χ0n) is 10.9. The van der Waals surface area contributed by atoms with E-state index in [0.717, 1.165) is 10.9 Å². The topological polar surface area (TPSA) is 66.1 Å². The Morgan fingerprint density at radius 2 is 2.11 bits per heavy atom. The average molecular weight is 264 g/mol. The fourth-order valence-electron chi connectivity index (χ4n) is 1.40. The van der Waals surface area contributed by atoms with Crippen molar-refractivity contribution in [1.82, 2.24) is 14.8 Å². The van der Waals surface area contributed by atoms with E-state index in [-0.39, 0.29) is 4.75 Å². The molecule has 0 amide bonds. The maximum Gasteiger partial charge on any atom is 0.144 e. The summed E-state index contributed by atoms with van der Waals surface area (Å²) < 4.78 is 17.2. The lowest BCUT2D eigenvalue weighted by atomic mass is 10.3. The molecule has 0 aliphatic heterocycles. The van der Waals surface area contributed by atoms with Crippen LogP contribution in [0, 0.1) is 0 Å². The van der Waals surface area contributed by atoms with E-state index in [0.29, 0.717) is 5.69 Å². The first kappa shape index (κ1) is 13.0. The maximum absolute atomic E-state index is 11.8. The first-order valence-electron chi connectivity index (χ1n) is 5.62. The molecule has 1 unspecified atom stereocenters. The molecule has 2 rings (SSSR count). The van der Waals surface area contributed by atoms with Crippen molar-refractivity contribution in [2.75, 3.05) is 0 Å². The summed E-state index contributed by atoms with van der Waals surface area (Å²) in [6.45, 7) is 5.66. The number of nitrogens with zero attached hydrogens (tertiary/aromatic N) is 4. The van der Waals surface area contributed by atoms with Crippen LogP contribution in [-0.2, 0) is 18.4 Å². The summed E-state index contributed by atoms with van der Waals surface area (Å²) in [5, 5.41) is 5.14. The van der Waals surface area contributed by atoms with Crippen LogP contribution in [0.5, 0.6) is 0 Å². The number of hydrogen-bond donors (Lipinski definition) is 0. The fraction of sp³-hybridized carbons (Fsp3) is 0.417. The molecule has 0 N–H and O–H groups in total. The molecule has 0 bridgehead atoms.